The molecule has 3 rings (SSSR count). The number of imidazole rings is 1. The van der Waals surface area contributed by atoms with Crippen LogP contribution < -0.4 is 5.32 Å². The third kappa shape index (κ3) is 3.64. The van der Waals surface area contributed by atoms with Crippen LogP contribution in [0.4, 0.5) is 0 Å². The Morgan fingerprint density at radius 3 is 2.96 bits per heavy atom. The molecule has 1 saturated heterocycles. The smallest absolute Gasteiger partial charge is 0.137 e. The molecule has 0 spiro atoms. The van der Waals surface area contributed by atoms with Crippen molar-refractivity contribution in [2.24, 2.45) is 20.0 Å². The van der Waals surface area contributed by atoms with Gasteiger partial charge in [-0.25, -0.2) is 4.98 Å². The minimum atomic E-state index is 0.0858. The van der Waals surface area contributed by atoms with Crippen LogP contribution in [0.1, 0.15) is 49.7 Å². The molecular formula is C17H27N5O. The van der Waals surface area contributed by atoms with Crippen molar-refractivity contribution in [3.63, 3.8) is 0 Å². The lowest BCUT2D eigenvalue weighted by molar-refractivity contribution is -0.0350. The Labute approximate surface area is 137 Å². The summed E-state index contributed by atoms with van der Waals surface area (Å²) in [5, 5.41) is 8.00. The van der Waals surface area contributed by atoms with E-state index in [4.69, 9.17) is 4.74 Å². The Hall–Kier alpha value is -1.66. The highest BCUT2D eigenvalue weighted by Gasteiger charge is 2.30. The van der Waals surface area contributed by atoms with Gasteiger partial charge < -0.3 is 14.6 Å². The minimum absolute atomic E-state index is 0.0858. The fraction of sp³-hybridized carbons (Fsp3) is 0.647. The van der Waals surface area contributed by atoms with Crippen LogP contribution in [0.25, 0.3) is 0 Å². The zero-order valence-electron chi connectivity index (χ0n) is 14.3. The molecule has 6 nitrogen and oxygen atoms in total. The topological polar surface area (TPSA) is 56.9 Å². The molecule has 6 heteroatoms. The van der Waals surface area contributed by atoms with Crippen LogP contribution in [0.2, 0.25) is 0 Å². The molecule has 1 aliphatic rings. The van der Waals surface area contributed by atoms with Gasteiger partial charge in [-0.05, 0) is 19.3 Å². The molecule has 0 amide bonds. The Balaban J connectivity index is 1.66. The van der Waals surface area contributed by atoms with E-state index in [1.54, 1.807) is 0 Å². The van der Waals surface area contributed by atoms with Crippen molar-refractivity contribution in [3.05, 3.63) is 36.2 Å². The summed E-state index contributed by atoms with van der Waals surface area (Å²) in [6, 6.07) is 0.340. The van der Waals surface area contributed by atoms with E-state index in [1.807, 2.05) is 37.4 Å². The zero-order chi connectivity index (χ0) is 16.2. The molecule has 0 radical (unpaired) electrons. The molecule has 1 N–H and O–H groups in total. The number of rotatable bonds is 6. The number of hydrogen-bond donors (Lipinski definition) is 1. The van der Waals surface area contributed by atoms with E-state index in [0.29, 0.717) is 12.0 Å². The standard InChI is InChI=1S/C17H27N5O/c1-4-15(14-11-20-22(3)12-14)19-10-13-6-5-9-23-16(13)17-18-7-8-21(17)2/h7-8,11-13,15-16,19H,4-6,9-10H2,1-3H3/t13-,15?,16+/m0/s1. The van der Waals surface area contributed by atoms with Crippen molar-refractivity contribution in [2.75, 3.05) is 13.2 Å². The van der Waals surface area contributed by atoms with Crippen LogP contribution in [-0.4, -0.2) is 32.5 Å². The number of aryl methyl sites for hydroxylation is 2. The molecule has 2 aromatic heterocycles. The van der Waals surface area contributed by atoms with Gasteiger partial charge in [-0.2, -0.15) is 5.10 Å². The highest BCUT2D eigenvalue weighted by Crippen LogP contribution is 2.32. The van der Waals surface area contributed by atoms with Crippen LogP contribution in [0.15, 0.2) is 24.8 Å². The maximum atomic E-state index is 6.05. The lowest BCUT2D eigenvalue weighted by atomic mass is 9.93. The third-order valence-electron chi connectivity index (χ3n) is 4.72. The van der Waals surface area contributed by atoms with Gasteiger partial charge >= 0.3 is 0 Å². The van der Waals surface area contributed by atoms with E-state index in [0.717, 1.165) is 31.8 Å². The first-order valence-electron chi connectivity index (χ1n) is 8.49. The summed E-state index contributed by atoms with van der Waals surface area (Å²) in [6.07, 6.45) is 11.3. The predicted molar refractivity (Wildman–Crippen MR) is 88.9 cm³/mol. The summed E-state index contributed by atoms with van der Waals surface area (Å²) >= 11 is 0. The van der Waals surface area contributed by atoms with Gasteiger partial charge in [0, 0.05) is 63.4 Å². The van der Waals surface area contributed by atoms with E-state index >= 15 is 0 Å². The fourth-order valence-electron chi connectivity index (χ4n) is 3.40. The number of hydrogen-bond acceptors (Lipinski definition) is 4. The zero-order valence-corrected chi connectivity index (χ0v) is 14.3. The Kier molecular flexibility index (Phi) is 5.13. The van der Waals surface area contributed by atoms with E-state index in [1.165, 1.54) is 12.0 Å². The number of nitrogens with one attached hydrogen (secondary N) is 1. The van der Waals surface area contributed by atoms with Gasteiger partial charge in [0.15, 0.2) is 0 Å². The summed E-state index contributed by atoms with van der Waals surface area (Å²) in [4.78, 5) is 4.50. The quantitative estimate of drug-likeness (QED) is 0.888. The highest BCUT2D eigenvalue weighted by atomic mass is 16.5. The van der Waals surface area contributed by atoms with E-state index in [2.05, 4.69) is 33.1 Å². The molecule has 0 aliphatic carbocycles. The minimum Gasteiger partial charge on any atom is -0.370 e. The predicted octanol–water partition coefficient (Wildman–Crippen LogP) is 2.36. The van der Waals surface area contributed by atoms with E-state index < -0.39 is 0 Å². The first kappa shape index (κ1) is 16.2. The summed E-state index contributed by atoms with van der Waals surface area (Å²) in [5.41, 5.74) is 1.25. The largest absolute Gasteiger partial charge is 0.370 e. The van der Waals surface area contributed by atoms with Crippen molar-refractivity contribution >= 4 is 0 Å². The lowest BCUT2D eigenvalue weighted by Crippen LogP contribution is -2.34. The molecule has 3 atom stereocenters. The second-order valence-corrected chi connectivity index (χ2v) is 6.41. The number of aromatic nitrogens is 4. The lowest BCUT2D eigenvalue weighted by Gasteiger charge is -2.32. The number of nitrogens with zero attached hydrogens (tertiary/aromatic N) is 4. The van der Waals surface area contributed by atoms with Gasteiger partial charge in [-0.1, -0.05) is 6.92 Å². The van der Waals surface area contributed by atoms with Crippen LogP contribution in [0, 0.1) is 5.92 Å². The van der Waals surface area contributed by atoms with Gasteiger partial charge in [0.1, 0.15) is 11.9 Å². The normalized spacial score (nSPS) is 23.1. The monoisotopic (exact) mass is 317 g/mol. The van der Waals surface area contributed by atoms with Crippen molar-refractivity contribution in [2.45, 2.75) is 38.3 Å². The molecular weight excluding hydrogens is 290 g/mol. The van der Waals surface area contributed by atoms with Crippen molar-refractivity contribution in [1.82, 2.24) is 24.6 Å². The second kappa shape index (κ2) is 7.27. The maximum Gasteiger partial charge on any atom is 0.137 e. The van der Waals surface area contributed by atoms with Gasteiger partial charge in [0.25, 0.3) is 0 Å². The van der Waals surface area contributed by atoms with Crippen molar-refractivity contribution in [3.8, 4) is 0 Å². The molecule has 3 heterocycles. The van der Waals surface area contributed by atoms with E-state index in [-0.39, 0.29) is 6.10 Å². The molecule has 1 fully saturated rings. The van der Waals surface area contributed by atoms with Crippen molar-refractivity contribution < 1.29 is 4.74 Å². The second-order valence-electron chi connectivity index (χ2n) is 6.41. The summed E-state index contributed by atoms with van der Waals surface area (Å²) in [6.45, 7) is 3.97. The molecule has 126 valence electrons. The Morgan fingerprint density at radius 1 is 1.43 bits per heavy atom. The molecule has 0 aromatic carbocycles. The average molecular weight is 317 g/mol. The first-order chi connectivity index (χ1) is 11.2. The Morgan fingerprint density at radius 2 is 2.30 bits per heavy atom. The van der Waals surface area contributed by atoms with E-state index in [9.17, 15) is 0 Å². The van der Waals surface area contributed by atoms with Crippen LogP contribution >= 0.6 is 0 Å². The number of ether oxygens (including phenoxy) is 1. The molecule has 23 heavy (non-hydrogen) atoms. The molecule has 0 bridgehead atoms. The molecule has 2 aromatic rings. The maximum absolute atomic E-state index is 6.05. The first-order valence-corrected chi connectivity index (χ1v) is 8.49. The summed E-state index contributed by atoms with van der Waals surface area (Å²) in [5.74, 6) is 1.49. The highest BCUT2D eigenvalue weighted by molar-refractivity contribution is 5.10. The molecule has 1 unspecified atom stereocenters. The fourth-order valence-corrected chi connectivity index (χ4v) is 3.40. The van der Waals surface area contributed by atoms with Crippen LogP contribution in [0.5, 0.6) is 0 Å². The van der Waals surface area contributed by atoms with Gasteiger partial charge in [-0.15, -0.1) is 0 Å². The van der Waals surface area contributed by atoms with Crippen molar-refractivity contribution in [1.29, 1.82) is 0 Å². The van der Waals surface area contributed by atoms with Gasteiger partial charge in [0.05, 0.1) is 6.20 Å². The summed E-state index contributed by atoms with van der Waals surface area (Å²) in [7, 11) is 4.00. The van der Waals surface area contributed by atoms with Gasteiger partial charge in [-0.3, -0.25) is 4.68 Å². The average Bonchev–Trinajstić information content (AvgIpc) is 3.17. The van der Waals surface area contributed by atoms with Crippen LogP contribution in [0.3, 0.4) is 0 Å². The van der Waals surface area contributed by atoms with Gasteiger partial charge in [0.2, 0.25) is 0 Å². The molecule has 0 saturated carbocycles. The Bertz CT molecular complexity index is 620. The molecule has 1 aliphatic heterocycles. The van der Waals surface area contributed by atoms with Crippen LogP contribution in [-0.2, 0) is 18.8 Å². The summed E-state index contributed by atoms with van der Waals surface area (Å²) < 4.78 is 9.98. The SMILES string of the molecule is CCC(NC[C@@H]1CCCO[C@H]1c1nccn1C)c1cnn(C)c1. The third-order valence-corrected chi connectivity index (χ3v) is 4.72.